The second kappa shape index (κ2) is 8.44. The molecule has 3 aromatic rings. The highest BCUT2D eigenvalue weighted by Crippen LogP contribution is 2.29. The zero-order valence-electron chi connectivity index (χ0n) is 15.7. The Kier molecular flexibility index (Phi) is 5.75. The molecule has 1 aromatic heterocycles. The summed E-state index contributed by atoms with van der Waals surface area (Å²) < 4.78 is 27.8. The van der Waals surface area contributed by atoms with Gasteiger partial charge in [-0.25, -0.2) is 18.1 Å². The molecule has 2 N–H and O–H groups in total. The number of amides is 1. The van der Waals surface area contributed by atoms with Crippen LogP contribution in [0.25, 0.3) is 0 Å². The van der Waals surface area contributed by atoms with E-state index in [1.54, 1.807) is 12.1 Å². The lowest BCUT2D eigenvalue weighted by Crippen LogP contribution is -2.23. The maximum absolute atomic E-state index is 12.6. The topological polar surface area (TPSA) is 88.2 Å². The lowest BCUT2D eigenvalue weighted by atomic mass is 10.0. The smallest absolute Gasteiger partial charge is 0.257 e. The molecule has 2 aromatic carbocycles. The van der Waals surface area contributed by atoms with Crippen LogP contribution in [0.1, 0.15) is 39.3 Å². The summed E-state index contributed by atoms with van der Waals surface area (Å²) in [5.41, 5.74) is 2.21. The van der Waals surface area contributed by atoms with Crippen molar-refractivity contribution < 1.29 is 13.2 Å². The van der Waals surface area contributed by atoms with Crippen molar-refractivity contribution in [1.82, 2.24) is 9.71 Å². The number of fused-ring (bicyclic) bond motifs is 1. The summed E-state index contributed by atoms with van der Waals surface area (Å²) in [4.78, 5) is 18.4. The van der Waals surface area contributed by atoms with E-state index in [0.717, 1.165) is 36.9 Å². The Hall–Kier alpha value is -2.55. The van der Waals surface area contributed by atoms with Gasteiger partial charge >= 0.3 is 0 Å². The van der Waals surface area contributed by atoms with E-state index in [4.69, 9.17) is 0 Å². The van der Waals surface area contributed by atoms with Gasteiger partial charge in [-0.15, -0.1) is 11.3 Å². The number of anilines is 1. The van der Waals surface area contributed by atoms with E-state index in [-0.39, 0.29) is 22.9 Å². The number of thiazole rings is 1. The Balaban J connectivity index is 1.47. The maximum Gasteiger partial charge on any atom is 0.257 e. The van der Waals surface area contributed by atoms with Crippen LogP contribution in [0.3, 0.4) is 0 Å². The molecule has 0 aliphatic heterocycles. The molecule has 0 radical (unpaired) electrons. The number of hydrogen-bond donors (Lipinski definition) is 2. The molecule has 0 spiro atoms. The van der Waals surface area contributed by atoms with E-state index < -0.39 is 10.0 Å². The molecule has 29 heavy (non-hydrogen) atoms. The second-order valence-electron chi connectivity index (χ2n) is 6.89. The first-order chi connectivity index (χ1) is 14.0. The molecule has 6 nitrogen and oxygen atoms in total. The highest BCUT2D eigenvalue weighted by Gasteiger charge is 2.19. The summed E-state index contributed by atoms with van der Waals surface area (Å²) in [5.74, 6) is -0.365. The maximum atomic E-state index is 12.6. The average molecular weight is 428 g/mol. The van der Waals surface area contributed by atoms with Gasteiger partial charge in [-0.3, -0.25) is 10.1 Å². The van der Waals surface area contributed by atoms with Gasteiger partial charge in [0.25, 0.3) is 5.91 Å². The third-order valence-electron chi connectivity index (χ3n) is 4.78. The van der Waals surface area contributed by atoms with Crippen molar-refractivity contribution >= 4 is 32.4 Å². The SMILES string of the molecule is O=C(Nc1nc2c(s1)CCCC2)c1cccc(S(=O)(=O)NCc2ccccc2)c1. The lowest BCUT2D eigenvalue weighted by molar-refractivity contribution is 0.102. The molecule has 0 saturated carbocycles. The normalized spacial score (nSPS) is 13.7. The zero-order valence-corrected chi connectivity index (χ0v) is 17.4. The molecule has 8 heteroatoms. The van der Waals surface area contributed by atoms with Crippen molar-refractivity contribution in [3.63, 3.8) is 0 Å². The third-order valence-corrected chi connectivity index (χ3v) is 7.25. The van der Waals surface area contributed by atoms with Gasteiger partial charge in [-0.05, 0) is 49.4 Å². The van der Waals surface area contributed by atoms with Gasteiger partial charge in [0.2, 0.25) is 10.0 Å². The van der Waals surface area contributed by atoms with Crippen molar-refractivity contribution in [3.05, 3.63) is 76.3 Å². The second-order valence-corrected chi connectivity index (χ2v) is 9.74. The van der Waals surface area contributed by atoms with Crippen LogP contribution < -0.4 is 10.0 Å². The standard InChI is InChI=1S/C21H21N3O3S2/c25-20(24-21-23-18-11-4-5-12-19(18)28-21)16-9-6-10-17(13-16)29(26,27)22-14-15-7-2-1-3-8-15/h1-3,6-10,13,22H,4-5,11-12,14H2,(H,23,24,25). The lowest BCUT2D eigenvalue weighted by Gasteiger charge is -2.08. The summed E-state index contributed by atoms with van der Waals surface area (Å²) in [5, 5.41) is 3.37. The number of aryl methyl sites for hydroxylation is 2. The minimum absolute atomic E-state index is 0.0551. The number of nitrogens with zero attached hydrogens (tertiary/aromatic N) is 1. The fourth-order valence-electron chi connectivity index (χ4n) is 3.24. The molecule has 0 saturated heterocycles. The molecule has 0 unspecified atom stereocenters. The van der Waals surface area contributed by atoms with Crippen molar-refractivity contribution in [2.75, 3.05) is 5.32 Å². The molecular formula is C21H21N3O3S2. The fraction of sp³-hybridized carbons (Fsp3) is 0.238. The van der Waals surface area contributed by atoms with E-state index in [2.05, 4.69) is 15.0 Å². The summed E-state index contributed by atoms with van der Waals surface area (Å²) in [6.45, 7) is 0.185. The van der Waals surface area contributed by atoms with Crippen LogP contribution in [0.5, 0.6) is 0 Å². The van der Waals surface area contributed by atoms with Crippen LogP contribution in [0.4, 0.5) is 5.13 Å². The summed E-state index contributed by atoms with van der Waals surface area (Å²) in [6, 6.07) is 15.3. The number of sulfonamides is 1. The molecule has 150 valence electrons. The van der Waals surface area contributed by atoms with E-state index in [1.165, 1.54) is 28.3 Å². The first kappa shape index (κ1) is 19.8. The predicted octanol–water partition coefficient (Wildman–Crippen LogP) is 3.75. The van der Waals surface area contributed by atoms with E-state index in [0.29, 0.717) is 5.13 Å². The third kappa shape index (κ3) is 4.72. The van der Waals surface area contributed by atoms with Crippen LogP contribution in [-0.2, 0) is 29.4 Å². The molecule has 0 atom stereocenters. The highest BCUT2D eigenvalue weighted by molar-refractivity contribution is 7.89. The quantitative estimate of drug-likeness (QED) is 0.627. The number of hydrogen-bond acceptors (Lipinski definition) is 5. The van der Waals surface area contributed by atoms with Gasteiger partial charge in [-0.2, -0.15) is 0 Å². The average Bonchev–Trinajstić information content (AvgIpc) is 3.15. The van der Waals surface area contributed by atoms with Crippen LogP contribution >= 0.6 is 11.3 Å². The molecule has 1 aliphatic carbocycles. The van der Waals surface area contributed by atoms with Gasteiger partial charge in [0, 0.05) is 17.0 Å². The molecule has 1 aliphatic rings. The minimum Gasteiger partial charge on any atom is -0.298 e. The summed E-state index contributed by atoms with van der Waals surface area (Å²) in [6.07, 6.45) is 4.23. The van der Waals surface area contributed by atoms with Crippen LogP contribution in [0.2, 0.25) is 0 Å². The first-order valence-corrected chi connectivity index (χ1v) is 11.7. The van der Waals surface area contributed by atoms with Crippen molar-refractivity contribution in [3.8, 4) is 0 Å². The summed E-state index contributed by atoms with van der Waals surface area (Å²) in [7, 11) is -3.73. The molecule has 1 heterocycles. The Morgan fingerprint density at radius 3 is 2.62 bits per heavy atom. The van der Waals surface area contributed by atoms with Gasteiger partial charge < -0.3 is 0 Å². The summed E-state index contributed by atoms with van der Waals surface area (Å²) >= 11 is 1.50. The monoisotopic (exact) mass is 427 g/mol. The number of benzene rings is 2. The van der Waals surface area contributed by atoms with Crippen molar-refractivity contribution in [1.29, 1.82) is 0 Å². The van der Waals surface area contributed by atoms with Gasteiger partial charge in [0.05, 0.1) is 10.6 Å². The Bertz CT molecular complexity index is 1100. The minimum atomic E-state index is -3.73. The Morgan fingerprint density at radius 1 is 1.03 bits per heavy atom. The largest absolute Gasteiger partial charge is 0.298 e. The van der Waals surface area contributed by atoms with Gasteiger partial charge in [0.15, 0.2) is 5.13 Å². The van der Waals surface area contributed by atoms with Crippen LogP contribution in [0, 0.1) is 0 Å². The Morgan fingerprint density at radius 2 is 1.83 bits per heavy atom. The van der Waals surface area contributed by atoms with E-state index in [9.17, 15) is 13.2 Å². The molecular weight excluding hydrogens is 406 g/mol. The predicted molar refractivity (Wildman–Crippen MR) is 114 cm³/mol. The van der Waals surface area contributed by atoms with Crippen molar-refractivity contribution in [2.45, 2.75) is 37.1 Å². The number of nitrogens with one attached hydrogen (secondary N) is 2. The zero-order chi connectivity index (χ0) is 20.3. The van der Waals surface area contributed by atoms with Gasteiger partial charge in [-0.1, -0.05) is 36.4 Å². The molecule has 1 amide bonds. The Labute approximate surface area is 174 Å². The molecule has 0 bridgehead atoms. The number of carbonyl (C=O) groups excluding carboxylic acids is 1. The molecule has 0 fully saturated rings. The van der Waals surface area contributed by atoms with Crippen LogP contribution in [0.15, 0.2) is 59.5 Å². The fourth-order valence-corrected chi connectivity index (χ4v) is 5.34. The van der Waals surface area contributed by atoms with E-state index >= 15 is 0 Å². The van der Waals surface area contributed by atoms with Gasteiger partial charge in [0.1, 0.15) is 0 Å². The highest BCUT2D eigenvalue weighted by atomic mass is 32.2. The first-order valence-electron chi connectivity index (χ1n) is 9.45. The number of carbonyl (C=O) groups is 1. The molecule has 4 rings (SSSR count). The number of aromatic nitrogens is 1. The van der Waals surface area contributed by atoms with Crippen LogP contribution in [-0.4, -0.2) is 19.3 Å². The van der Waals surface area contributed by atoms with E-state index in [1.807, 2.05) is 30.3 Å². The number of rotatable bonds is 6. The van der Waals surface area contributed by atoms with Crippen molar-refractivity contribution in [2.24, 2.45) is 0 Å².